The highest BCUT2D eigenvalue weighted by Gasteiger charge is 2.29. The smallest absolute Gasteiger partial charge is 0.242 e. The zero-order chi connectivity index (χ0) is 12.4. The molecule has 3 N–H and O–H groups in total. The van der Waals surface area contributed by atoms with Gasteiger partial charge in [0.05, 0.1) is 5.69 Å². The van der Waals surface area contributed by atoms with Crippen LogP contribution in [0.4, 0.5) is 15.8 Å². The highest BCUT2D eigenvalue weighted by Crippen LogP contribution is 2.25. The Morgan fingerprint density at radius 1 is 1.59 bits per heavy atom. The summed E-state index contributed by atoms with van der Waals surface area (Å²) in [6, 6.07) is 4.26. The number of nitrogens with one attached hydrogen (secondary N) is 1. The Balaban J connectivity index is 2.33. The van der Waals surface area contributed by atoms with Crippen molar-refractivity contribution in [1.29, 1.82) is 0 Å². The molecule has 5 heteroatoms. The van der Waals surface area contributed by atoms with Gasteiger partial charge >= 0.3 is 0 Å². The Kier molecular flexibility index (Phi) is 3.17. The van der Waals surface area contributed by atoms with Crippen molar-refractivity contribution in [3.05, 3.63) is 24.0 Å². The maximum absolute atomic E-state index is 13.8. The molecular weight excluding hydrogens is 221 g/mol. The number of piperazine rings is 1. The molecule has 1 aliphatic rings. The quantitative estimate of drug-likeness (QED) is 0.758. The van der Waals surface area contributed by atoms with Gasteiger partial charge in [-0.1, -0.05) is 6.92 Å². The topological polar surface area (TPSA) is 58.4 Å². The summed E-state index contributed by atoms with van der Waals surface area (Å²) in [6.07, 6.45) is 0.648. The van der Waals surface area contributed by atoms with Crippen LogP contribution in [-0.2, 0) is 4.79 Å². The first-order chi connectivity index (χ1) is 8.13. The fourth-order valence-corrected chi connectivity index (χ4v) is 2.16. The monoisotopic (exact) mass is 237 g/mol. The van der Waals surface area contributed by atoms with Crippen molar-refractivity contribution >= 4 is 17.3 Å². The number of amides is 1. The lowest BCUT2D eigenvalue weighted by atomic mass is 10.1. The highest BCUT2D eigenvalue weighted by atomic mass is 19.1. The van der Waals surface area contributed by atoms with E-state index in [4.69, 9.17) is 5.73 Å². The fraction of sp³-hybridized carbons (Fsp3) is 0.417. The van der Waals surface area contributed by atoms with E-state index in [0.717, 1.165) is 0 Å². The van der Waals surface area contributed by atoms with Crippen LogP contribution < -0.4 is 16.0 Å². The number of nitrogens with two attached hydrogens (primary N) is 1. The molecule has 1 heterocycles. The van der Waals surface area contributed by atoms with Crippen LogP contribution in [-0.4, -0.2) is 25.0 Å². The molecule has 0 saturated carbocycles. The minimum atomic E-state index is -0.377. The zero-order valence-electron chi connectivity index (χ0n) is 9.74. The highest BCUT2D eigenvalue weighted by molar-refractivity contribution is 5.86. The number of nitrogen functional groups attached to an aromatic ring is 1. The third-order valence-electron chi connectivity index (χ3n) is 3.00. The summed E-state index contributed by atoms with van der Waals surface area (Å²) in [4.78, 5) is 13.5. The maximum Gasteiger partial charge on any atom is 0.242 e. The van der Waals surface area contributed by atoms with Crippen LogP contribution >= 0.6 is 0 Å². The molecule has 0 spiro atoms. The molecule has 1 fully saturated rings. The first kappa shape index (κ1) is 11.7. The number of anilines is 2. The second-order valence-corrected chi connectivity index (χ2v) is 4.12. The number of carbonyl (C=O) groups excluding carboxylic acids is 1. The van der Waals surface area contributed by atoms with Gasteiger partial charge in [-0.25, -0.2) is 4.39 Å². The predicted octanol–water partition coefficient (Wildman–Crippen LogP) is 1.12. The number of benzene rings is 1. The summed E-state index contributed by atoms with van der Waals surface area (Å²) in [7, 11) is 0. The lowest BCUT2D eigenvalue weighted by Crippen LogP contribution is -2.55. The molecule has 1 atom stereocenters. The Labute approximate surface area is 99.6 Å². The maximum atomic E-state index is 13.8. The number of hydrogen-bond donors (Lipinski definition) is 2. The molecule has 0 aromatic heterocycles. The molecule has 1 unspecified atom stereocenters. The van der Waals surface area contributed by atoms with E-state index < -0.39 is 0 Å². The molecule has 2 rings (SSSR count). The molecule has 0 aliphatic carbocycles. The van der Waals surface area contributed by atoms with Gasteiger partial charge in [0.25, 0.3) is 0 Å². The Hall–Kier alpha value is -1.78. The summed E-state index contributed by atoms with van der Waals surface area (Å²) >= 11 is 0. The zero-order valence-corrected chi connectivity index (χ0v) is 9.74. The average molecular weight is 237 g/mol. The molecule has 1 aromatic carbocycles. The summed E-state index contributed by atoms with van der Waals surface area (Å²) in [6.45, 7) is 3.07. The second-order valence-electron chi connectivity index (χ2n) is 4.12. The van der Waals surface area contributed by atoms with Crippen molar-refractivity contribution in [3.8, 4) is 0 Å². The Bertz CT molecular complexity index is 436. The molecule has 4 nitrogen and oxygen atoms in total. The summed E-state index contributed by atoms with van der Waals surface area (Å²) in [5.41, 5.74) is 6.35. The van der Waals surface area contributed by atoms with Gasteiger partial charge in [0.2, 0.25) is 5.91 Å². The number of nitrogens with zero attached hydrogens (tertiary/aromatic N) is 1. The van der Waals surface area contributed by atoms with Crippen LogP contribution in [0.1, 0.15) is 13.3 Å². The van der Waals surface area contributed by atoms with Gasteiger partial charge in [0, 0.05) is 18.8 Å². The van der Waals surface area contributed by atoms with Crippen LogP contribution in [0.5, 0.6) is 0 Å². The summed E-state index contributed by atoms with van der Waals surface area (Å²) in [5, 5.41) is 2.79. The Morgan fingerprint density at radius 3 is 3.00 bits per heavy atom. The molecule has 0 bridgehead atoms. The van der Waals surface area contributed by atoms with Gasteiger partial charge in [-0.2, -0.15) is 0 Å². The number of hydrogen-bond acceptors (Lipinski definition) is 3. The first-order valence-electron chi connectivity index (χ1n) is 5.73. The van der Waals surface area contributed by atoms with Crippen LogP contribution in [0.3, 0.4) is 0 Å². The SMILES string of the molecule is CCC1C(=O)NCCN1c1ccc(N)cc1F. The molecule has 1 aliphatic heterocycles. The van der Waals surface area contributed by atoms with E-state index in [-0.39, 0.29) is 17.8 Å². The molecule has 1 amide bonds. The molecule has 1 aromatic rings. The minimum absolute atomic E-state index is 0.0463. The van der Waals surface area contributed by atoms with E-state index >= 15 is 0 Å². The summed E-state index contributed by atoms with van der Waals surface area (Å²) in [5.74, 6) is -0.423. The largest absolute Gasteiger partial charge is 0.399 e. The molecular formula is C12H16FN3O. The lowest BCUT2D eigenvalue weighted by Gasteiger charge is -2.36. The van der Waals surface area contributed by atoms with Crippen molar-refractivity contribution in [1.82, 2.24) is 5.32 Å². The molecule has 1 saturated heterocycles. The van der Waals surface area contributed by atoms with Gasteiger partial charge in [-0.15, -0.1) is 0 Å². The van der Waals surface area contributed by atoms with Crippen molar-refractivity contribution in [3.63, 3.8) is 0 Å². The van der Waals surface area contributed by atoms with Gasteiger partial charge in [-0.3, -0.25) is 4.79 Å². The van der Waals surface area contributed by atoms with Crippen molar-refractivity contribution < 1.29 is 9.18 Å². The van der Waals surface area contributed by atoms with E-state index in [1.165, 1.54) is 6.07 Å². The standard InChI is InChI=1S/C12H16FN3O/c1-2-10-12(17)15-5-6-16(10)11-4-3-8(14)7-9(11)13/h3-4,7,10H,2,5-6,14H2,1H3,(H,15,17). The first-order valence-corrected chi connectivity index (χ1v) is 5.73. The Morgan fingerprint density at radius 2 is 2.35 bits per heavy atom. The summed E-state index contributed by atoms with van der Waals surface area (Å²) < 4.78 is 13.8. The van der Waals surface area contributed by atoms with Crippen LogP contribution in [0.25, 0.3) is 0 Å². The average Bonchev–Trinajstić information content (AvgIpc) is 2.29. The van der Waals surface area contributed by atoms with E-state index in [2.05, 4.69) is 5.32 Å². The minimum Gasteiger partial charge on any atom is -0.399 e. The van der Waals surface area contributed by atoms with Crippen LogP contribution in [0.2, 0.25) is 0 Å². The third kappa shape index (κ3) is 2.18. The van der Waals surface area contributed by atoms with Crippen molar-refractivity contribution in [2.24, 2.45) is 0 Å². The normalized spacial score (nSPS) is 20.2. The van der Waals surface area contributed by atoms with Gasteiger partial charge in [0.15, 0.2) is 0 Å². The lowest BCUT2D eigenvalue weighted by molar-refractivity contribution is -0.123. The van der Waals surface area contributed by atoms with Gasteiger partial charge < -0.3 is 16.0 Å². The van der Waals surface area contributed by atoms with E-state index in [0.29, 0.717) is 30.9 Å². The molecule has 0 radical (unpaired) electrons. The van der Waals surface area contributed by atoms with Crippen LogP contribution in [0.15, 0.2) is 18.2 Å². The second kappa shape index (κ2) is 4.61. The van der Waals surface area contributed by atoms with Gasteiger partial charge in [0.1, 0.15) is 11.9 Å². The van der Waals surface area contributed by atoms with Crippen LogP contribution in [0, 0.1) is 5.82 Å². The predicted molar refractivity (Wildman–Crippen MR) is 65.2 cm³/mol. The number of carbonyl (C=O) groups is 1. The number of rotatable bonds is 2. The van der Waals surface area contributed by atoms with Crippen molar-refractivity contribution in [2.45, 2.75) is 19.4 Å². The molecule has 17 heavy (non-hydrogen) atoms. The van der Waals surface area contributed by atoms with Gasteiger partial charge in [-0.05, 0) is 24.6 Å². The number of halogens is 1. The van der Waals surface area contributed by atoms with E-state index in [1.54, 1.807) is 17.0 Å². The van der Waals surface area contributed by atoms with E-state index in [1.807, 2.05) is 6.92 Å². The van der Waals surface area contributed by atoms with E-state index in [9.17, 15) is 9.18 Å². The fourth-order valence-electron chi connectivity index (χ4n) is 2.16. The molecule has 92 valence electrons. The third-order valence-corrected chi connectivity index (χ3v) is 3.00. The van der Waals surface area contributed by atoms with Crippen molar-refractivity contribution in [2.75, 3.05) is 23.7 Å².